The van der Waals surface area contributed by atoms with Crippen molar-refractivity contribution in [2.45, 2.75) is 136 Å². The molecule has 0 radical (unpaired) electrons. The molecule has 192 valence electrons. The van der Waals surface area contributed by atoms with E-state index in [1.54, 1.807) is 0 Å². The van der Waals surface area contributed by atoms with Crippen molar-refractivity contribution in [2.75, 3.05) is 0 Å². The predicted molar refractivity (Wildman–Crippen MR) is 147 cm³/mol. The highest BCUT2D eigenvalue weighted by Gasteiger charge is 2.44. The van der Waals surface area contributed by atoms with E-state index < -0.39 is 11.6 Å². The van der Waals surface area contributed by atoms with Crippen LogP contribution in [-0.2, 0) is 5.41 Å². The van der Waals surface area contributed by atoms with Crippen molar-refractivity contribution in [2.24, 2.45) is 23.7 Å². The van der Waals surface area contributed by atoms with E-state index in [1.807, 2.05) is 0 Å². The van der Waals surface area contributed by atoms with Gasteiger partial charge in [-0.1, -0.05) is 109 Å². The van der Waals surface area contributed by atoms with Crippen LogP contribution in [0.2, 0.25) is 0 Å². The van der Waals surface area contributed by atoms with Gasteiger partial charge in [-0.05, 0) is 86.7 Å². The Morgan fingerprint density at radius 1 is 0.941 bits per heavy atom. The van der Waals surface area contributed by atoms with Crippen molar-refractivity contribution in [1.82, 2.24) is 0 Å². The van der Waals surface area contributed by atoms with Gasteiger partial charge in [-0.15, -0.1) is 0 Å². The van der Waals surface area contributed by atoms with Crippen LogP contribution in [0.25, 0.3) is 0 Å². The number of hydrogen-bond donors (Lipinski definition) is 0. The molecule has 3 rings (SSSR count). The van der Waals surface area contributed by atoms with Gasteiger partial charge in [-0.3, -0.25) is 0 Å². The van der Waals surface area contributed by atoms with E-state index in [0.717, 1.165) is 17.4 Å². The lowest BCUT2D eigenvalue weighted by Gasteiger charge is -2.43. The lowest BCUT2D eigenvalue weighted by Crippen LogP contribution is -2.41. The number of alkyl halides is 1. The van der Waals surface area contributed by atoms with Crippen LogP contribution in [0.5, 0.6) is 0 Å². The molecule has 1 aromatic rings. The molecule has 5 atom stereocenters. The molecule has 0 nitrogen and oxygen atoms in total. The number of halogens is 1. The van der Waals surface area contributed by atoms with E-state index in [0.29, 0.717) is 24.2 Å². The Balaban J connectivity index is 1.65. The van der Waals surface area contributed by atoms with Gasteiger partial charge in [0.15, 0.2) is 0 Å². The highest BCUT2D eigenvalue weighted by Crippen LogP contribution is 2.48. The summed E-state index contributed by atoms with van der Waals surface area (Å²) in [5.74, 6) is 3.47. The van der Waals surface area contributed by atoms with Crippen LogP contribution in [0.4, 0.5) is 4.39 Å². The molecule has 0 aromatic heterocycles. The van der Waals surface area contributed by atoms with Crippen molar-refractivity contribution in [3.8, 4) is 0 Å². The first-order chi connectivity index (χ1) is 16.3. The second-order valence-corrected chi connectivity index (χ2v) is 12.2. The van der Waals surface area contributed by atoms with Gasteiger partial charge in [-0.25, -0.2) is 4.39 Å². The summed E-state index contributed by atoms with van der Waals surface area (Å²) in [6, 6.07) is 9.03. The molecule has 2 aliphatic carbocycles. The van der Waals surface area contributed by atoms with Crippen LogP contribution < -0.4 is 0 Å². The summed E-state index contributed by atoms with van der Waals surface area (Å²) in [4.78, 5) is 0. The van der Waals surface area contributed by atoms with E-state index >= 15 is 4.39 Å². The molecular weight excluding hydrogens is 415 g/mol. The first kappa shape index (κ1) is 27.5. The third-order valence-electron chi connectivity index (χ3n) is 9.94. The molecular formula is C33H53F. The Labute approximate surface area is 211 Å². The molecule has 0 amide bonds. The van der Waals surface area contributed by atoms with Crippen molar-refractivity contribution in [1.29, 1.82) is 0 Å². The zero-order chi connectivity index (χ0) is 24.7. The summed E-state index contributed by atoms with van der Waals surface area (Å²) in [6.07, 6.45) is 16.9. The third kappa shape index (κ3) is 6.36. The molecule has 0 spiro atoms. The Morgan fingerprint density at radius 2 is 1.62 bits per heavy atom. The van der Waals surface area contributed by atoms with Crippen LogP contribution in [0.1, 0.15) is 136 Å². The SMILES string of the molecule is CCCC(CC)CCC(C)c1ccc(C2(C)C(C)=CC(C3CCC(CCC)CC3)CC2F)cc1. The maximum Gasteiger partial charge on any atom is 0.114 e. The first-order valence-electron chi connectivity index (χ1n) is 14.8. The quantitative estimate of drug-likeness (QED) is 0.283. The number of benzene rings is 1. The van der Waals surface area contributed by atoms with Crippen LogP contribution in [0.3, 0.4) is 0 Å². The van der Waals surface area contributed by atoms with E-state index in [9.17, 15) is 0 Å². The molecule has 0 saturated heterocycles. The standard InChI is InChI=1S/C33H53F/c1-7-10-26(9-3)13-12-24(4)28-18-20-31(21-19-28)33(6)25(5)22-30(23-32(33)34)29-16-14-27(11-8-2)15-17-29/h18-22,24,26-27,29-30,32H,7-17,23H2,1-6H3. The lowest BCUT2D eigenvalue weighted by molar-refractivity contribution is 0.134. The van der Waals surface area contributed by atoms with E-state index in [1.165, 1.54) is 81.8 Å². The monoisotopic (exact) mass is 468 g/mol. The topological polar surface area (TPSA) is 0 Å². The minimum absolute atomic E-state index is 0.430. The molecule has 5 unspecified atom stereocenters. The van der Waals surface area contributed by atoms with Crippen molar-refractivity contribution in [3.05, 3.63) is 47.0 Å². The summed E-state index contributed by atoms with van der Waals surface area (Å²) in [6.45, 7) is 13.6. The number of rotatable bonds is 11. The Bertz CT molecular complexity index is 753. The van der Waals surface area contributed by atoms with Gasteiger partial charge < -0.3 is 0 Å². The molecule has 34 heavy (non-hydrogen) atoms. The Hall–Kier alpha value is -1.11. The van der Waals surface area contributed by atoms with Gasteiger partial charge in [0, 0.05) is 5.41 Å². The molecule has 2 aliphatic rings. The van der Waals surface area contributed by atoms with Crippen LogP contribution in [-0.4, -0.2) is 6.17 Å². The summed E-state index contributed by atoms with van der Waals surface area (Å²) in [5, 5.41) is 0. The molecule has 0 N–H and O–H groups in total. The van der Waals surface area contributed by atoms with Crippen LogP contribution in [0, 0.1) is 23.7 Å². The minimum Gasteiger partial charge on any atom is -0.246 e. The molecule has 1 saturated carbocycles. The van der Waals surface area contributed by atoms with Gasteiger partial charge in [-0.2, -0.15) is 0 Å². The smallest absolute Gasteiger partial charge is 0.114 e. The van der Waals surface area contributed by atoms with Gasteiger partial charge in [0.05, 0.1) is 0 Å². The zero-order valence-electron chi connectivity index (χ0n) is 23.2. The van der Waals surface area contributed by atoms with Gasteiger partial charge in [0.25, 0.3) is 0 Å². The van der Waals surface area contributed by atoms with E-state index in [2.05, 4.69) is 71.9 Å². The van der Waals surface area contributed by atoms with Crippen molar-refractivity contribution >= 4 is 0 Å². The van der Waals surface area contributed by atoms with Crippen molar-refractivity contribution < 1.29 is 4.39 Å². The molecule has 0 aliphatic heterocycles. The average Bonchev–Trinajstić information content (AvgIpc) is 2.85. The fourth-order valence-electron chi connectivity index (χ4n) is 7.11. The predicted octanol–water partition coefficient (Wildman–Crippen LogP) is 10.6. The van der Waals surface area contributed by atoms with Gasteiger partial charge in [0.1, 0.15) is 6.17 Å². The van der Waals surface area contributed by atoms with Crippen molar-refractivity contribution in [3.63, 3.8) is 0 Å². The lowest BCUT2D eigenvalue weighted by atomic mass is 9.62. The van der Waals surface area contributed by atoms with Gasteiger partial charge >= 0.3 is 0 Å². The summed E-state index contributed by atoms with van der Waals surface area (Å²) in [5.41, 5.74) is 3.34. The maximum absolute atomic E-state index is 15.9. The highest BCUT2D eigenvalue weighted by atomic mass is 19.1. The third-order valence-corrected chi connectivity index (χ3v) is 9.94. The minimum atomic E-state index is -0.793. The summed E-state index contributed by atoms with van der Waals surface area (Å²) >= 11 is 0. The van der Waals surface area contributed by atoms with Gasteiger partial charge in [0.2, 0.25) is 0 Å². The normalized spacial score (nSPS) is 31.7. The first-order valence-corrected chi connectivity index (χ1v) is 14.8. The second-order valence-electron chi connectivity index (χ2n) is 12.2. The highest BCUT2D eigenvalue weighted by molar-refractivity contribution is 5.40. The number of hydrogen-bond acceptors (Lipinski definition) is 0. The fourth-order valence-corrected chi connectivity index (χ4v) is 7.11. The van der Waals surface area contributed by atoms with Crippen LogP contribution in [0.15, 0.2) is 35.9 Å². The summed E-state index contributed by atoms with van der Waals surface area (Å²) in [7, 11) is 0. The molecule has 1 heteroatoms. The van der Waals surface area contributed by atoms with E-state index in [-0.39, 0.29) is 0 Å². The molecule has 1 fully saturated rings. The largest absolute Gasteiger partial charge is 0.246 e. The zero-order valence-corrected chi connectivity index (χ0v) is 23.2. The maximum atomic E-state index is 15.9. The van der Waals surface area contributed by atoms with E-state index in [4.69, 9.17) is 0 Å². The average molecular weight is 469 g/mol. The Morgan fingerprint density at radius 3 is 2.18 bits per heavy atom. The fraction of sp³-hybridized carbons (Fsp3) is 0.758. The number of allylic oxidation sites excluding steroid dienone is 2. The Kier molecular flexibility index (Phi) is 10.3. The second kappa shape index (κ2) is 12.7. The summed E-state index contributed by atoms with van der Waals surface area (Å²) < 4.78 is 15.9. The molecule has 0 heterocycles. The molecule has 0 bridgehead atoms. The molecule has 1 aromatic carbocycles. The van der Waals surface area contributed by atoms with Crippen LogP contribution >= 0.6 is 0 Å².